The average molecular weight is 507 g/mol. The van der Waals surface area contributed by atoms with Gasteiger partial charge in [-0.15, -0.1) is 0 Å². The molecule has 0 radical (unpaired) electrons. The van der Waals surface area contributed by atoms with Crippen LogP contribution >= 0.6 is 0 Å². The van der Waals surface area contributed by atoms with Gasteiger partial charge in [0.15, 0.2) is 0 Å². The molecule has 2 aromatic rings. The van der Waals surface area contributed by atoms with Crippen LogP contribution < -0.4 is 9.44 Å². The first-order valence-electron chi connectivity index (χ1n) is 12.0. The number of rotatable bonds is 9. The second kappa shape index (κ2) is 10.1. The Hall–Kier alpha value is -1.74. The fourth-order valence-electron chi connectivity index (χ4n) is 5.30. The van der Waals surface area contributed by atoms with Crippen molar-refractivity contribution in [2.24, 2.45) is 10.8 Å². The molecule has 1 aliphatic carbocycles. The molecule has 0 saturated heterocycles. The lowest BCUT2D eigenvalue weighted by atomic mass is 9.63. The summed E-state index contributed by atoms with van der Waals surface area (Å²) in [5, 5.41) is 0. The number of nitrogens with one attached hydrogen (secondary N) is 2. The maximum Gasteiger partial charge on any atom is 0.240 e. The van der Waals surface area contributed by atoms with Gasteiger partial charge < -0.3 is 0 Å². The Morgan fingerprint density at radius 3 is 1.71 bits per heavy atom. The lowest BCUT2D eigenvalue weighted by molar-refractivity contribution is 0.0821. The molecule has 2 N–H and O–H groups in total. The molecule has 2 atom stereocenters. The van der Waals surface area contributed by atoms with Crippen LogP contribution in [0.1, 0.15) is 65.0 Å². The zero-order valence-corrected chi connectivity index (χ0v) is 22.5. The molecule has 0 unspecified atom stereocenters. The van der Waals surface area contributed by atoms with Gasteiger partial charge in [-0.05, 0) is 78.3 Å². The van der Waals surface area contributed by atoms with Gasteiger partial charge in [0, 0.05) is 12.6 Å². The Kier molecular flexibility index (Phi) is 7.97. The standard InChI is InChI=1S/C26H38N2O4S2/c1-6-20-8-12-23(13-9-20)33(29,30)27-19-26(5)17-22(16-25(3,4)18-26)28-34(31,32)24-14-10-21(7-2)11-15-24/h8-15,22,27-28H,6-7,16-19H2,1-5H3/t22-,26+/m1/s1. The topological polar surface area (TPSA) is 92.3 Å². The number of hydrogen-bond acceptors (Lipinski definition) is 4. The van der Waals surface area contributed by atoms with Crippen molar-refractivity contribution in [2.75, 3.05) is 6.54 Å². The lowest BCUT2D eigenvalue weighted by Gasteiger charge is -2.46. The second-order valence-corrected chi connectivity index (χ2v) is 14.2. The van der Waals surface area contributed by atoms with Crippen molar-refractivity contribution >= 4 is 20.0 Å². The second-order valence-electron chi connectivity index (χ2n) is 10.7. The van der Waals surface area contributed by atoms with Crippen molar-refractivity contribution in [2.45, 2.75) is 82.6 Å². The van der Waals surface area contributed by atoms with Gasteiger partial charge in [-0.3, -0.25) is 0 Å². The van der Waals surface area contributed by atoms with Crippen LogP contribution in [0, 0.1) is 10.8 Å². The highest BCUT2D eigenvalue weighted by atomic mass is 32.2. The number of benzene rings is 2. The minimum atomic E-state index is -3.67. The summed E-state index contributed by atoms with van der Waals surface area (Å²) in [7, 11) is -7.32. The molecule has 1 saturated carbocycles. The van der Waals surface area contributed by atoms with E-state index in [2.05, 4.69) is 23.3 Å². The molecule has 6 nitrogen and oxygen atoms in total. The summed E-state index contributed by atoms with van der Waals surface area (Å²) in [5.41, 5.74) is 1.64. The van der Waals surface area contributed by atoms with E-state index in [1.54, 1.807) is 24.3 Å². The molecular weight excluding hydrogens is 468 g/mol. The summed E-state index contributed by atoms with van der Waals surface area (Å²) in [6.45, 7) is 10.6. The largest absolute Gasteiger partial charge is 0.240 e. The molecular formula is C26H38N2O4S2. The smallest absolute Gasteiger partial charge is 0.211 e. The Morgan fingerprint density at radius 2 is 1.24 bits per heavy atom. The summed E-state index contributed by atoms with van der Waals surface area (Å²) in [5.74, 6) is 0. The maximum absolute atomic E-state index is 13.1. The van der Waals surface area contributed by atoms with Crippen molar-refractivity contribution in [3.05, 3.63) is 59.7 Å². The molecule has 188 valence electrons. The minimum Gasteiger partial charge on any atom is -0.211 e. The summed E-state index contributed by atoms with van der Waals surface area (Å²) >= 11 is 0. The van der Waals surface area contributed by atoms with Crippen LogP contribution in [0.25, 0.3) is 0 Å². The van der Waals surface area contributed by atoms with Crippen LogP contribution in [0.3, 0.4) is 0 Å². The van der Waals surface area contributed by atoms with Gasteiger partial charge in [0.05, 0.1) is 9.79 Å². The molecule has 0 aliphatic heterocycles. The van der Waals surface area contributed by atoms with Crippen molar-refractivity contribution < 1.29 is 16.8 Å². The molecule has 8 heteroatoms. The van der Waals surface area contributed by atoms with Gasteiger partial charge in [0.2, 0.25) is 20.0 Å². The average Bonchev–Trinajstić information content (AvgIpc) is 2.76. The van der Waals surface area contributed by atoms with Crippen LogP contribution in [0.5, 0.6) is 0 Å². The van der Waals surface area contributed by atoms with Crippen LogP contribution in [0.15, 0.2) is 58.3 Å². The molecule has 34 heavy (non-hydrogen) atoms. The zero-order chi connectivity index (χ0) is 25.2. The molecule has 0 heterocycles. The van der Waals surface area contributed by atoms with Gasteiger partial charge in [-0.1, -0.05) is 58.9 Å². The third-order valence-electron chi connectivity index (χ3n) is 6.74. The predicted octanol–water partition coefficient (Wildman–Crippen LogP) is 4.65. The van der Waals surface area contributed by atoms with E-state index in [0.717, 1.165) is 30.4 Å². The molecule has 0 spiro atoms. The highest BCUT2D eigenvalue weighted by Crippen LogP contribution is 2.46. The summed E-state index contributed by atoms with van der Waals surface area (Å²) in [4.78, 5) is 0.502. The molecule has 3 rings (SSSR count). The Balaban J connectivity index is 1.73. The van der Waals surface area contributed by atoms with E-state index in [1.165, 1.54) is 0 Å². The summed E-state index contributed by atoms with van der Waals surface area (Å²) < 4.78 is 57.6. The number of sulfonamides is 2. The Morgan fingerprint density at radius 1 is 0.765 bits per heavy atom. The third-order valence-corrected chi connectivity index (χ3v) is 9.69. The molecule has 1 fully saturated rings. The van der Waals surface area contributed by atoms with Crippen LogP contribution in [-0.4, -0.2) is 29.4 Å². The molecule has 1 aliphatic rings. The fraction of sp³-hybridized carbons (Fsp3) is 0.538. The quantitative estimate of drug-likeness (QED) is 0.518. The van der Waals surface area contributed by atoms with E-state index >= 15 is 0 Å². The zero-order valence-electron chi connectivity index (χ0n) is 20.9. The SMILES string of the molecule is CCc1ccc(S(=O)(=O)NC[C@@]2(C)C[C@H](NS(=O)(=O)c3ccc(CC)cc3)CC(C)(C)C2)cc1. The van der Waals surface area contributed by atoms with E-state index in [-0.39, 0.29) is 27.8 Å². The normalized spacial score (nSPS) is 23.0. The Labute approximate surface area is 205 Å². The van der Waals surface area contributed by atoms with E-state index in [1.807, 2.05) is 45.0 Å². The van der Waals surface area contributed by atoms with Crippen LogP contribution in [0.2, 0.25) is 0 Å². The maximum atomic E-state index is 13.1. The van der Waals surface area contributed by atoms with Gasteiger partial charge in [0.25, 0.3) is 0 Å². The van der Waals surface area contributed by atoms with Gasteiger partial charge >= 0.3 is 0 Å². The summed E-state index contributed by atoms with van der Waals surface area (Å²) in [6.07, 6.45) is 3.74. The van der Waals surface area contributed by atoms with Crippen molar-refractivity contribution in [1.29, 1.82) is 0 Å². The predicted molar refractivity (Wildman–Crippen MR) is 137 cm³/mol. The first kappa shape index (κ1) is 26.9. The van der Waals surface area contributed by atoms with Gasteiger partial charge in [-0.2, -0.15) is 0 Å². The fourth-order valence-corrected chi connectivity index (χ4v) is 7.74. The number of hydrogen-bond donors (Lipinski definition) is 2. The highest BCUT2D eigenvalue weighted by Gasteiger charge is 2.43. The van der Waals surface area contributed by atoms with Gasteiger partial charge in [-0.25, -0.2) is 26.3 Å². The molecule has 2 aromatic carbocycles. The van der Waals surface area contributed by atoms with E-state index < -0.39 is 25.5 Å². The van der Waals surface area contributed by atoms with E-state index in [0.29, 0.717) is 12.8 Å². The van der Waals surface area contributed by atoms with E-state index in [9.17, 15) is 16.8 Å². The minimum absolute atomic E-state index is 0.138. The molecule has 0 amide bonds. The molecule has 0 bridgehead atoms. The number of aryl methyl sites for hydroxylation is 2. The lowest BCUT2D eigenvalue weighted by Crippen LogP contribution is -2.50. The third kappa shape index (κ3) is 6.68. The van der Waals surface area contributed by atoms with Crippen LogP contribution in [0.4, 0.5) is 0 Å². The van der Waals surface area contributed by atoms with Crippen LogP contribution in [-0.2, 0) is 32.9 Å². The van der Waals surface area contributed by atoms with Crippen molar-refractivity contribution in [3.63, 3.8) is 0 Å². The highest BCUT2D eigenvalue weighted by molar-refractivity contribution is 7.89. The summed E-state index contributed by atoms with van der Waals surface area (Å²) in [6, 6.07) is 13.6. The van der Waals surface area contributed by atoms with Crippen molar-refractivity contribution in [1.82, 2.24) is 9.44 Å². The van der Waals surface area contributed by atoms with E-state index in [4.69, 9.17) is 0 Å². The first-order valence-corrected chi connectivity index (χ1v) is 14.9. The first-order chi connectivity index (χ1) is 15.8. The van der Waals surface area contributed by atoms with Gasteiger partial charge in [0.1, 0.15) is 0 Å². The van der Waals surface area contributed by atoms with Crippen molar-refractivity contribution in [3.8, 4) is 0 Å². The molecule has 0 aromatic heterocycles. The monoisotopic (exact) mass is 506 g/mol. The Bertz CT molecular complexity index is 1190.